The van der Waals surface area contributed by atoms with Gasteiger partial charge in [-0.2, -0.15) is 0 Å². The number of hydrogen-bond donors (Lipinski definition) is 2. The van der Waals surface area contributed by atoms with Crippen molar-refractivity contribution in [3.8, 4) is 0 Å². The van der Waals surface area contributed by atoms with Gasteiger partial charge in [0.05, 0.1) is 0 Å². The molecule has 0 aromatic carbocycles. The third kappa shape index (κ3) is 7.36. The van der Waals surface area contributed by atoms with Crippen molar-refractivity contribution >= 4 is 0 Å². The van der Waals surface area contributed by atoms with Crippen LogP contribution in [0.2, 0.25) is 0 Å². The summed E-state index contributed by atoms with van der Waals surface area (Å²) in [5, 5.41) is 6.16. The Kier molecular flexibility index (Phi) is 7.19. The van der Waals surface area contributed by atoms with Crippen LogP contribution in [0.25, 0.3) is 0 Å². The van der Waals surface area contributed by atoms with Crippen LogP contribution in [0.4, 0.5) is 0 Å². The lowest BCUT2D eigenvalue weighted by Crippen LogP contribution is -2.32. The molecular weight excluding hydrogens is 138 g/mol. The van der Waals surface area contributed by atoms with Gasteiger partial charge in [-0.05, 0) is 20.3 Å². The molecule has 2 N–H and O–H groups in total. The molecule has 0 fully saturated rings. The quantitative estimate of drug-likeness (QED) is 0.504. The summed E-state index contributed by atoms with van der Waals surface area (Å²) < 4.78 is 0. The molecule has 0 rings (SSSR count). The van der Waals surface area contributed by atoms with Crippen molar-refractivity contribution in [1.29, 1.82) is 0 Å². The molecule has 0 aromatic rings. The first-order valence-corrected chi connectivity index (χ1v) is 3.98. The maximum Gasteiger partial charge on any atom is 0.0269 e. The summed E-state index contributed by atoms with van der Waals surface area (Å²) in [5.41, 5.74) is 0. The van der Waals surface area contributed by atoms with Crippen LogP contribution in [-0.2, 0) is 0 Å². The minimum absolute atomic E-state index is 0.976. The molecule has 0 bridgehead atoms. The summed E-state index contributed by atoms with van der Waals surface area (Å²) in [4.78, 5) is 2.27. The lowest BCUT2D eigenvalue weighted by Gasteiger charge is -2.15. The van der Waals surface area contributed by atoms with E-state index in [-0.39, 0.29) is 0 Å². The normalized spacial score (nSPS) is 10.1. The van der Waals surface area contributed by atoms with Gasteiger partial charge in [-0.15, -0.1) is 0 Å². The minimum atomic E-state index is 0.976. The average molecular weight is 157 g/mol. The molecule has 66 valence electrons. The highest BCUT2D eigenvalue weighted by Crippen LogP contribution is 1.77. The van der Waals surface area contributed by atoms with Gasteiger partial charge in [0, 0.05) is 26.2 Å². The van der Waals surface area contributed by atoms with E-state index in [2.05, 4.69) is 29.2 Å². The number of hydrogen-bond acceptors (Lipinski definition) is 3. The van der Waals surface area contributed by atoms with Crippen molar-refractivity contribution in [2.24, 2.45) is 0 Å². The first kappa shape index (κ1) is 10.5. The third-order valence-corrected chi connectivity index (χ3v) is 1.53. The largest absolute Gasteiger partial charge is 0.390 e. The van der Waals surface area contributed by atoms with Crippen LogP contribution in [0.1, 0.15) is 0 Å². The Morgan fingerprint density at radius 1 is 1.36 bits per heavy atom. The van der Waals surface area contributed by atoms with Crippen LogP contribution in [0.5, 0.6) is 0 Å². The third-order valence-electron chi connectivity index (χ3n) is 1.53. The van der Waals surface area contributed by atoms with Crippen LogP contribution >= 0.6 is 0 Å². The first-order chi connectivity index (χ1) is 5.31. The molecule has 0 unspecified atom stereocenters. The van der Waals surface area contributed by atoms with E-state index in [1.165, 1.54) is 0 Å². The van der Waals surface area contributed by atoms with Gasteiger partial charge in [0.2, 0.25) is 0 Å². The number of nitrogens with zero attached hydrogens (tertiary/aromatic N) is 1. The van der Waals surface area contributed by atoms with E-state index < -0.39 is 0 Å². The molecule has 0 saturated heterocycles. The zero-order chi connectivity index (χ0) is 8.53. The van der Waals surface area contributed by atoms with Crippen molar-refractivity contribution in [2.45, 2.75) is 0 Å². The van der Waals surface area contributed by atoms with Gasteiger partial charge < -0.3 is 15.5 Å². The minimum Gasteiger partial charge on any atom is -0.390 e. The van der Waals surface area contributed by atoms with Gasteiger partial charge in [-0.25, -0.2) is 0 Å². The summed E-state index contributed by atoms with van der Waals surface area (Å²) in [5.74, 6) is 0. The Hall–Kier alpha value is -0.540. The number of nitrogens with one attached hydrogen (secondary N) is 2. The molecule has 0 aliphatic rings. The van der Waals surface area contributed by atoms with Crippen molar-refractivity contribution < 1.29 is 0 Å². The zero-order valence-corrected chi connectivity index (χ0v) is 7.56. The summed E-state index contributed by atoms with van der Waals surface area (Å²) in [7, 11) is 4.08. The second-order valence-electron chi connectivity index (χ2n) is 2.57. The zero-order valence-electron chi connectivity index (χ0n) is 7.56. The first-order valence-electron chi connectivity index (χ1n) is 3.98. The van der Waals surface area contributed by atoms with E-state index in [4.69, 9.17) is 0 Å². The lowest BCUT2D eigenvalue weighted by molar-refractivity contribution is 0.338. The fourth-order valence-electron chi connectivity index (χ4n) is 0.772. The predicted octanol–water partition coefficient (Wildman–Crippen LogP) is -0.129. The molecule has 0 atom stereocenters. The van der Waals surface area contributed by atoms with Crippen LogP contribution in [0, 0.1) is 0 Å². The SMILES string of the molecule is C=CNCCN(C)CCNC. The molecule has 0 amide bonds. The van der Waals surface area contributed by atoms with Crippen LogP contribution in [0.15, 0.2) is 12.8 Å². The van der Waals surface area contributed by atoms with E-state index in [1.807, 2.05) is 7.05 Å². The molecule has 0 aromatic heterocycles. The predicted molar refractivity (Wildman–Crippen MR) is 49.6 cm³/mol. The second kappa shape index (κ2) is 7.57. The summed E-state index contributed by atoms with van der Waals surface area (Å²) in [6, 6.07) is 0. The van der Waals surface area contributed by atoms with Crippen LogP contribution in [0.3, 0.4) is 0 Å². The summed E-state index contributed by atoms with van der Waals surface area (Å²) in [6.07, 6.45) is 1.73. The highest BCUT2D eigenvalue weighted by atomic mass is 15.1. The van der Waals surface area contributed by atoms with Crippen molar-refractivity contribution in [3.05, 3.63) is 12.8 Å². The van der Waals surface area contributed by atoms with Crippen LogP contribution < -0.4 is 10.6 Å². The molecule has 0 heterocycles. The van der Waals surface area contributed by atoms with E-state index in [0.717, 1.165) is 26.2 Å². The summed E-state index contributed by atoms with van der Waals surface area (Å²) in [6.45, 7) is 7.76. The maximum absolute atomic E-state index is 3.58. The number of rotatable bonds is 7. The standard InChI is InChI=1S/C8H19N3/c1-4-10-6-8-11(3)7-5-9-2/h4,9-10H,1,5-8H2,2-3H3. The molecule has 0 aliphatic heterocycles. The fraction of sp³-hybridized carbons (Fsp3) is 0.750. The molecule has 0 saturated carbocycles. The van der Waals surface area contributed by atoms with Crippen molar-refractivity contribution in [3.63, 3.8) is 0 Å². The van der Waals surface area contributed by atoms with Gasteiger partial charge >= 0.3 is 0 Å². The average Bonchev–Trinajstić information content (AvgIpc) is 2.01. The lowest BCUT2D eigenvalue weighted by atomic mass is 10.5. The summed E-state index contributed by atoms with van der Waals surface area (Å²) >= 11 is 0. The van der Waals surface area contributed by atoms with Crippen molar-refractivity contribution in [1.82, 2.24) is 15.5 Å². The second-order valence-corrected chi connectivity index (χ2v) is 2.57. The molecule has 3 heteroatoms. The van der Waals surface area contributed by atoms with E-state index in [1.54, 1.807) is 6.20 Å². The highest BCUT2D eigenvalue weighted by molar-refractivity contribution is 4.64. The molecular formula is C8H19N3. The van der Waals surface area contributed by atoms with Gasteiger partial charge in [0.15, 0.2) is 0 Å². The van der Waals surface area contributed by atoms with Gasteiger partial charge in [-0.1, -0.05) is 6.58 Å². The van der Waals surface area contributed by atoms with Gasteiger partial charge in [0.25, 0.3) is 0 Å². The Labute approximate surface area is 69.5 Å². The fourth-order valence-corrected chi connectivity index (χ4v) is 0.772. The molecule has 0 aliphatic carbocycles. The van der Waals surface area contributed by atoms with Crippen LogP contribution in [-0.4, -0.2) is 45.2 Å². The van der Waals surface area contributed by atoms with E-state index >= 15 is 0 Å². The van der Waals surface area contributed by atoms with Crippen molar-refractivity contribution in [2.75, 3.05) is 40.3 Å². The Bertz CT molecular complexity index is 93.3. The molecule has 3 nitrogen and oxygen atoms in total. The molecule has 0 spiro atoms. The Balaban J connectivity index is 3.08. The van der Waals surface area contributed by atoms with Gasteiger partial charge in [-0.3, -0.25) is 0 Å². The molecule has 0 radical (unpaired) electrons. The Morgan fingerprint density at radius 3 is 2.55 bits per heavy atom. The van der Waals surface area contributed by atoms with E-state index in [9.17, 15) is 0 Å². The van der Waals surface area contributed by atoms with E-state index in [0.29, 0.717) is 0 Å². The smallest absolute Gasteiger partial charge is 0.0269 e. The topological polar surface area (TPSA) is 27.3 Å². The Morgan fingerprint density at radius 2 is 2.00 bits per heavy atom. The maximum atomic E-state index is 3.58. The van der Waals surface area contributed by atoms with Gasteiger partial charge in [0.1, 0.15) is 0 Å². The number of likely N-dealkylation sites (N-methyl/N-ethyl adjacent to an activating group) is 2. The molecule has 11 heavy (non-hydrogen) atoms. The highest BCUT2D eigenvalue weighted by Gasteiger charge is 1.93. The monoisotopic (exact) mass is 157 g/mol.